The molecule has 0 heterocycles. The van der Waals surface area contributed by atoms with Crippen molar-refractivity contribution in [1.29, 1.82) is 0 Å². The maximum Gasteiger partial charge on any atom is 0.195 e. The first-order valence-corrected chi connectivity index (χ1v) is 8.66. The summed E-state index contributed by atoms with van der Waals surface area (Å²) in [6.07, 6.45) is 0. The fourth-order valence-electron chi connectivity index (χ4n) is 2.67. The lowest BCUT2D eigenvalue weighted by molar-refractivity contribution is 0.395. The van der Waals surface area contributed by atoms with E-state index in [1.165, 1.54) is 12.1 Å². The molecule has 3 rings (SSSR count). The van der Waals surface area contributed by atoms with Crippen molar-refractivity contribution < 1.29 is 12.8 Å². The van der Waals surface area contributed by atoms with Crippen molar-refractivity contribution in [3.63, 3.8) is 0 Å². The SMILES string of the molecule is O=S(=O)(C[C@H]1[C@@H](c2ccccc2)C1(F)Cl)c1ccccc1. The van der Waals surface area contributed by atoms with Crippen molar-refractivity contribution >= 4 is 21.4 Å². The van der Waals surface area contributed by atoms with Crippen LogP contribution in [0.3, 0.4) is 0 Å². The molecule has 1 saturated carbocycles. The molecule has 1 unspecified atom stereocenters. The van der Waals surface area contributed by atoms with E-state index in [2.05, 4.69) is 0 Å². The summed E-state index contributed by atoms with van der Waals surface area (Å²) in [6.45, 7) is 0. The van der Waals surface area contributed by atoms with Crippen LogP contribution in [0.5, 0.6) is 0 Å². The Morgan fingerprint density at radius 1 is 1.00 bits per heavy atom. The summed E-state index contributed by atoms with van der Waals surface area (Å²) in [4.78, 5) is 0.205. The topological polar surface area (TPSA) is 34.1 Å². The molecule has 0 aromatic heterocycles. The minimum Gasteiger partial charge on any atom is -0.225 e. The molecule has 21 heavy (non-hydrogen) atoms. The van der Waals surface area contributed by atoms with Crippen molar-refractivity contribution in [3.05, 3.63) is 66.2 Å². The lowest BCUT2D eigenvalue weighted by atomic mass is 10.1. The number of rotatable bonds is 4. The predicted octanol–water partition coefficient (Wildman–Crippen LogP) is 3.78. The molecule has 110 valence electrons. The number of alkyl halides is 2. The summed E-state index contributed by atoms with van der Waals surface area (Å²) in [7, 11) is -3.53. The summed E-state index contributed by atoms with van der Waals surface area (Å²) in [5.74, 6) is -1.57. The van der Waals surface area contributed by atoms with Gasteiger partial charge in [0.05, 0.1) is 10.6 Å². The summed E-state index contributed by atoms with van der Waals surface area (Å²) in [5.41, 5.74) is 0.739. The molecule has 0 amide bonds. The fourth-order valence-corrected chi connectivity index (χ4v) is 4.85. The van der Waals surface area contributed by atoms with Crippen LogP contribution in [0, 0.1) is 5.92 Å². The van der Waals surface area contributed by atoms with Crippen LogP contribution in [0.2, 0.25) is 0 Å². The molecule has 5 heteroatoms. The van der Waals surface area contributed by atoms with Crippen LogP contribution >= 0.6 is 11.6 Å². The quantitative estimate of drug-likeness (QED) is 0.802. The van der Waals surface area contributed by atoms with Crippen LogP contribution in [0.4, 0.5) is 4.39 Å². The molecule has 0 N–H and O–H groups in total. The summed E-state index contributed by atoms with van der Waals surface area (Å²) in [6, 6.07) is 17.0. The van der Waals surface area contributed by atoms with Gasteiger partial charge in [-0.3, -0.25) is 0 Å². The number of hydrogen-bond donors (Lipinski definition) is 0. The highest BCUT2D eigenvalue weighted by Gasteiger charge is 2.67. The van der Waals surface area contributed by atoms with E-state index in [0.717, 1.165) is 5.56 Å². The molecule has 0 bridgehead atoms. The smallest absolute Gasteiger partial charge is 0.195 e. The first kappa shape index (κ1) is 14.5. The van der Waals surface area contributed by atoms with Crippen LogP contribution in [0.15, 0.2) is 65.6 Å². The second-order valence-electron chi connectivity index (χ2n) is 5.26. The third-order valence-electron chi connectivity index (χ3n) is 3.86. The molecule has 0 saturated heterocycles. The van der Waals surface area contributed by atoms with Gasteiger partial charge in [0.15, 0.2) is 15.0 Å². The molecule has 1 fully saturated rings. The van der Waals surface area contributed by atoms with Crippen molar-refractivity contribution in [2.24, 2.45) is 5.92 Å². The van der Waals surface area contributed by atoms with Crippen molar-refractivity contribution in [2.45, 2.75) is 15.9 Å². The number of halogens is 2. The Balaban J connectivity index is 1.83. The largest absolute Gasteiger partial charge is 0.225 e. The number of sulfone groups is 1. The monoisotopic (exact) mass is 324 g/mol. The highest BCUT2D eigenvalue weighted by atomic mass is 35.5. The Hall–Kier alpha value is -1.39. The molecule has 2 nitrogen and oxygen atoms in total. The Bertz CT molecular complexity index is 729. The normalized spacial score (nSPS) is 28.3. The average molecular weight is 325 g/mol. The molecule has 3 atom stereocenters. The van der Waals surface area contributed by atoms with Gasteiger partial charge >= 0.3 is 0 Å². The van der Waals surface area contributed by atoms with Crippen LogP contribution in [0.25, 0.3) is 0 Å². The lowest BCUT2D eigenvalue weighted by Crippen LogP contribution is -2.11. The summed E-state index contributed by atoms with van der Waals surface area (Å²) in [5, 5.41) is -1.98. The van der Waals surface area contributed by atoms with Crippen molar-refractivity contribution in [2.75, 3.05) is 5.75 Å². The van der Waals surface area contributed by atoms with Crippen molar-refractivity contribution in [1.82, 2.24) is 0 Å². The Labute approximate surface area is 128 Å². The minimum absolute atomic E-state index is 0.205. The van der Waals surface area contributed by atoms with E-state index in [9.17, 15) is 12.8 Å². The standard InChI is InChI=1S/C16H14ClFO2S/c17-16(18)14(15(16)12-7-3-1-4-8-12)11-21(19,20)13-9-5-2-6-10-13/h1-10,14-15H,11H2/t14-,15+,16?/m0/s1. The van der Waals surface area contributed by atoms with Gasteiger partial charge in [-0.15, -0.1) is 0 Å². The second kappa shape index (κ2) is 5.11. The Kier molecular flexibility index (Phi) is 3.54. The van der Waals surface area contributed by atoms with Gasteiger partial charge in [0.2, 0.25) is 0 Å². The van der Waals surface area contributed by atoms with Gasteiger partial charge < -0.3 is 0 Å². The second-order valence-corrected chi connectivity index (χ2v) is 7.88. The molecular formula is C16H14ClFO2S. The van der Waals surface area contributed by atoms with Crippen molar-refractivity contribution in [3.8, 4) is 0 Å². The van der Waals surface area contributed by atoms with Crippen LogP contribution < -0.4 is 0 Å². The van der Waals surface area contributed by atoms with Gasteiger partial charge in [-0.2, -0.15) is 0 Å². The zero-order valence-corrected chi connectivity index (χ0v) is 12.7. The lowest BCUT2D eigenvalue weighted by Gasteiger charge is -2.03. The molecule has 1 aliphatic rings. The van der Waals surface area contributed by atoms with Gasteiger partial charge in [0.1, 0.15) is 0 Å². The summed E-state index contributed by atoms with van der Waals surface area (Å²) >= 11 is 5.87. The average Bonchev–Trinajstić information content (AvgIpc) is 3.01. The van der Waals surface area contributed by atoms with Crippen LogP contribution in [0.1, 0.15) is 11.5 Å². The van der Waals surface area contributed by atoms with Gasteiger partial charge in [0.25, 0.3) is 0 Å². The zero-order chi connectivity index (χ0) is 15.1. The number of benzene rings is 2. The fraction of sp³-hybridized carbons (Fsp3) is 0.250. The third kappa shape index (κ3) is 2.70. The molecule has 2 aromatic rings. The van der Waals surface area contributed by atoms with E-state index in [4.69, 9.17) is 11.6 Å². The zero-order valence-electron chi connectivity index (χ0n) is 11.1. The van der Waals surface area contributed by atoms with Gasteiger partial charge in [0, 0.05) is 11.8 Å². The van der Waals surface area contributed by atoms with Gasteiger partial charge in [-0.1, -0.05) is 60.1 Å². The van der Waals surface area contributed by atoms with Gasteiger partial charge in [-0.05, 0) is 17.7 Å². The Morgan fingerprint density at radius 2 is 1.52 bits per heavy atom. The van der Waals surface area contributed by atoms with E-state index < -0.39 is 26.8 Å². The van der Waals surface area contributed by atoms with E-state index in [0.29, 0.717) is 0 Å². The predicted molar refractivity (Wildman–Crippen MR) is 80.9 cm³/mol. The molecule has 0 aliphatic heterocycles. The molecule has 0 spiro atoms. The molecule has 1 aliphatic carbocycles. The minimum atomic E-state index is -3.53. The first-order valence-electron chi connectivity index (χ1n) is 6.63. The molecule has 2 aromatic carbocycles. The summed E-state index contributed by atoms with van der Waals surface area (Å²) < 4.78 is 39.0. The Morgan fingerprint density at radius 3 is 2.10 bits per heavy atom. The highest BCUT2D eigenvalue weighted by molar-refractivity contribution is 7.91. The van der Waals surface area contributed by atoms with E-state index >= 15 is 0 Å². The maximum absolute atomic E-state index is 14.4. The van der Waals surface area contributed by atoms with Crippen LogP contribution in [-0.4, -0.2) is 19.3 Å². The van der Waals surface area contributed by atoms with E-state index in [1.54, 1.807) is 42.5 Å². The number of hydrogen-bond acceptors (Lipinski definition) is 2. The molecule has 0 radical (unpaired) electrons. The highest BCUT2D eigenvalue weighted by Crippen LogP contribution is 2.63. The maximum atomic E-state index is 14.4. The van der Waals surface area contributed by atoms with E-state index in [1.807, 2.05) is 6.07 Å². The van der Waals surface area contributed by atoms with E-state index in [-0.39, 0.29) is 10.6 Å². The molecular weight excluding hydrogens is 311 g/mol. The first-order chi connectivity index (χ1) is 9.93. The van der Waals surface area contributed by atoms with Crippen LogP contribution in [-0.2, 0) is 9.84 Å². The third-order valence-corrected chi connectivity index (χ3v) is 6.17. The van der Waals surface area contributed by atoms with Gasteiger partial charge in [-0.25, -0.2) is 12.8 Å².